The third-order valence-electron chi connectivity index (χ3n) is 3.47. The Labute approximate surface area is 127 Å². The number of pyridine rings is 1. The van der Waals surface area contributed by atoms with E-state index in [1.807, 2.05) is 0 Å². The Balaban J connectivity index is 1.87. The number of benzene rings is 1. The lowest BCUT2D eigenvalue weighted by Crippen LogP contribution is -2.42. The standard InChI is InChI=1S/C16H15N3O3/c1-10-16(21)19(2)12-9-11(6-7-13(12)22-10)15(20)18-14-5-3-4-8-17-14/h3-10H,1-2H3,(H,17,18,20). The lowest BCUT2D eigenvalue weighted by Gasteiger charge is -2.30. The van der Waals surface area contributed by atoms with Crippen molar-refractivity contribution >= 4 is 23.3 Å². The van der Waals surface area contributed by atoms with E-state index in [9.17, 15) is 9.59 Å². The summed E-state index contributed by atoms with van der Waals surface area (Å²) in [7, 11) is 1.67. The summed E-state index contributed by atoms with van der Waals surface area (Å²) in [6.07, 6.45) is 1.08. The van der Waals surface area contributed by atoms with Gasteiger partial charge in [0.15, 0.2) is 6.10 Å². The minimum atomic E-state index is -0.523. The number of amides is 2. The zero-order valence-electron chi connectivity index (χ0n) is 12.2. The van der Waals surface area contributed by atoms with Gasteiger partial charge in [-0.2, -0.15) is 0 Å². The van der Waals surface area contributed by atoms with E-state index in [1.165, 1.54) is 4.90 Å². The largest absolute Gasteiger partial charge is 0.479 e. The van der Waals surface area contributed by atoms with Crippen molar-refractivity contribution in [2.45, 2.75) is 13.0 Å². The molecule has 1 N–H and O–H groups in total. The van der Waals surface area contributed by atoms with Crippen molar-refractivity contribution in [1.29, 1.82) is 0 Å². The summed E-state index contributed by atoms with van der Waals surface area (Å²) < 4.78 is 5.53. The second-order valence-electron chi connectivity index (χ2n) is 5.01. The van der Waals surface area contributed by atoms with Gasteiger partial charge in [0, 0.05) is 18.8 Å². The number of hydrogen-bond acceptors (Lipinski definition) is 4. The fourth-order valence-corrected chi connectivity index (χ4v) is 2.28. The fraction of sp³-hybridized carbons (Fsp3) is 0.188. The summed E-state index contributed by atoms with van der Waals surface area (Å²) >= 11 is 0. The third-order valence-corrected chi connectivity index (χ3v) is 3.47. The maximum Gasteiger partial charge on any atom is 0.267 e. The first kappa shape index (κ1) is 14.1. The second kappa shape index (κ2) is 5.48. The third kappa shape index (κ3) is 2.50. The molecule has 1 aliphatic heterocycles. The Kier molecular flexibility index (Phi) is 3.50. The summed E-state index contributed by atoms with van der Waals surface area (Å²) in [4.78, 5) is 29.8. The van der Waals surface area contributed by atoms with Crippen LogP contribution in [-0.2, 0) is 4.79 Å². The van der Waals surface area contributed by atoms with Crippen LogP contribution in [0.15, 0.2) is 42.6 Å². The molecular formula is C16H15N3O3. The van der Waals surface area contributed by atoms with Crippen LogP contribution in [0.25, 0.3) is 0 Å². The highest BCUT2D eigenvalue weighted by Crippen LogP contribution is 2.34. The highest BCUT2D eigenvalue weighted by Gasteiger charge is 2.29. The summed E-state index contributed by atoms with van der Waals surface area (Å²) in [6.45, 7) is 1.70. The Morgan fingerprint density at radius 3 is 2.86 bits per heavy atom. The molecule has 2 amide bonds. The van der Waals surface area contributed by atoms with Crippen LogP contribution in [0.3, 0.4) is 0 Å². The first-order valence-electron chi connectivity index (χ1n) is 6.87. The monoisotopic (exact) mass is 297 g/mol. The lowest BCUT2D eigenvalue weighted by molar-refractivity contribution is -0.125. The molecule has 6 heteroatoms. The average Bonchev–Trinajstić information content (AvgIpc) is 2.53. The normalized spacial score (nSPS) is 16.7. The molecule has 6 nitrogen and oxygen atoms in total. The molecule has 1 aromatic carbocycles. The molecule has 0 spiro atoms. The van der Waals surface area contributed by atoms with Gasteiger partial charge in [-0.25, -0.2) is 4.98 Å². The van der Waals surface area contributed by atoms with Gasteiger partial charge in [0.05, 0.1) is 5.69 Å². The highest BCUT2D eigenvalue weighted by molar-refractivity contribution is 6.06. The van der Waals surface area contributed by atoms with Crippen LogP contribution in [0.4, 0.5) is 11.5 Å². The smallest absolute Gasteiger partial charge is 0.267 e. The van der Waals surface area contributed by atoms with E-state index in [0.717, 1.165) is 0 Å². The molecule has 0 saturated carbocycles. The molecule has 1 aliphatic rings. The van der Waals surface area contributed by atoms with Gasteiger partial charge >= 0.3 is 0 Å². The predicted octanol–water partition coefficient (Wildman–Crippen LogP) is 2.08. The summed E-state index contributed by atoms with van der Waals surface area (Å²) in [5, 5.41) is 2.71. The Morgan fingerprint density at radius 1 is 1.32 bits per heavy atom. The number of nitrogens with one attached hydrogen (secondary N) is 1. The van der Waals surface area contributed by atoms with Crippen LogP contribution in [0.5, 0.6) is 5.75 Å². The van der Waals surface area contributed by atoms with Crippen molar-refractivity contribution < 1.29 is 14.3 Å². The Morgan fingerprint density at radius 2 is 2.14 bits per heavy atom. The van der Waals surface area contributed by atoms with Crippen molar-refractivity contribution in [2.24, 2.45) is 0 Å². The summed E-state index contributed by atoms with van der Waals surface area (Å²) in [6, 6.07) is 10.3. The number of fused-ring (bicyclic) bond motifs is 1. The first-order valence-corrected chi connectivity index (χ1v) is 6.87. The van der Waals surface area contributed by atoms with Crippen LogP contribution in [0.1, 0.15) is 17.3 Å². The molecule has 0 saturated heterocycles. The van der Waals surface area contributed by atoms with Crippen molar-refractivity contribution in [3.05, 3.63) is 48.2 Å². The predicted molar refractivity (Wildman–Crippen MR) is 82.1 cm³/mol. The maximum absolute atomic E-state index is 12.3. The van der Waals surface area contributed by atoms with Crippen molar-refractivity contribution in [3.63, 3.8) is 0 Å². The molecule has 112 valence electrons. The molecule has 0 radical (unpaired) electrons. The minimum Gasteiger partial charge on any atom is -0.479 e. The van der Waals surface area contributed by atoms with E-state index in [4.69, 9.17) is 4.74 Å². The molecule has 2 aromatic rings. The number of likely N-dealkylation sites (N-methyl/N-ethyl adjacent to an activating group) is 1. The summed E-state index contributed by atoms with van der Waals surface area (Å²) in [5.41, 5.74) is 1.01. The Hall–Kier alpha value is -2.89. The van der Waals surface area contributed by atoms with Crippen LogP contribution < -0.4 is 15.0 Å². The number of carbonyl (C=O) groups excluding carboxylic acids is 2. The topological polar surface area (TPSA) is 71.5 Å². The average molecular weight is 297 g/mol. The second-order valence-corrected chi connectivity index (χ2v) is 5.01. The molecule has 3 rings (SSSR count). The zero-order chi connectivity index (χ0) is 15.7. The number of rotatable bonds is 2. The van der Waals surface area contributed by atoms with Gasteiger partial charge in [-0.3, -0.25) is 9.59 Å². The maximum atomic E-state index is 12.3. The molecule has 2 heterocycles. The quantitative estimate of drug-likeness (QED) is 0.921. The number of hydrogen-bond donors (Lipinski definition) is 1. The number of anilines is 2. The van der Waals surface area contributed by atoms with Crippen LogP contribution in [0.2, 0.25) is 0 Å². The van der Waals surface area contributed by atoms with Crippen LogP contribution in [-0.4, -0.2) is 29.9 Å². The van der Waals surface area contributed by atoms with E-state index in [1.54, 1.807) is 56.6 Å². The van der Waals surface area contributed by atoms with Gasteiger partial charge in [-0.15, -0.1) is 0 Å². The molecule has 0 aliphatic carbocycles. The first-order chi connectivity index (χ1) is 10.6. The highest BCUT2D eigenvalue weighted by atomic mass is 16.5. The van der Waals surface area contributed by atoms with E-state index in [-0.39, 0.29) is 11.8 Å². The van der Waals surface area contributed by atoms with E-state index in [0.29, 0.717) is 22.8 Å². The molecule has 1 unspecified atom stereocenters. The van der Waals surface area contributed by atoms with Crippen LogP contribution >= 0.6 is 0 Å². The lowest BCUT2D eigenvalue weighted by atomic mass is 10.1. The molecule has 0 bridgehead atoms. The van der Waals surface area contributed by atoms with Gasteiger partial charge in [-0.1, -0.05) is 6.07 Å². The fourth-order valence-electron chi connectivity index (χ4n) is 2.28. The van der Waals surface area contributed by atoms with Gasteiger partial charge in [-0.05, 0) is 37.3 Å². The van der Waals surface area contributed by atoms with Crippen LogP contribution in [0, 0.1) is 0 Å². The summed E-state index contributed by atoms with van der Waals surface area (Å²) in [5.74, 6) is 0.624. The van der Waals surface area contributed by atoms with E-state index >= 15 is 0 Å². The van der Waals surface area contributed by atoms with E-state index in [2.05, 4.69) is 10.3 Å². The SMILES string of the molecule is CC1Oc2ccc(C(=O)Nc3ccccn3)cc2N(C)C1=O. The van der Waals surface area contributed by atoms with Crippen molar-refractivity contribution in [3.8, 4) is 5.75 Å². The van der Waals surface area contributed by atoms with Gasteiger partial charge in [0.25, 0.3) is 11.8 Å². The number of ether oxygens (including phenoxy) is 1. The molecule has 22 heavy (non-hydrogen) atoms. The zero-order valence-corrected chi connectivity index (χ0v) is 12.2. The van der Waals surface area contributed by atoms with Crippen molar-refractivity contribution in [1.82, 2.24) is 4.98 Å². The van der Waals surface area contributed by atoms with Gasteiger partial charge < -0.3 is 15.0 Å². The Bertz CT molecular complexity index is 731. The molecule has 1 atom stereocenters. The number of nitrogens with zero attached hydrogens (tertiary/aromatic N) is 2. The number of carbonyl (C=O) groups is 2. The van der Waals surface area contributed by atoms with Gasteiger partial charge in [0.2, 0.25) is 0 Å². The minimum absolute atomic E-state index is 0.144. The molecular weight excluding hydrogens is 282 g/mol. The van der Waals surface area contributed by atoms with Gasteiger partial charge in [0.1, 0.15) is 11.6 Å². The van der Waals surface area contributed by atoms with Crippen molar-refractivity contribution in [2.75, 3.05) is 17.3 Å². The molecule has 0 fully saturated rings. The number of aromatic nitrogens is 1. The molecule has 1 aromatic heterocycles. The van der Waals surface area contributed by atoms with E-state index < -0.39 is 6.10 Å².